The summed E-state index contributed by atoms with van der Waals surface area (Å²) < 4.78 is 0. The van der Waals surface area contributed by atoms with E-state index >= 15 is 0 Å². The smallest absolute Gasteiger partial charge is 0.273 e. The lowest BCUT2D eigenvalue weighted by atomic mass is 10.1. The molecule has 27 heavy (non-hydrogen) atoms. The van der Waals surface area contributed by atoms with Gasteiger partial charge in [0.2, 0.25) is 0 Å². The van der Waals surface area contributed by atoms with Gasteiger partial charge in [-0.1, -0.05) is 23.7 Å². The maximum Gasteiger partial charge on any atom is 0.273 e. The van der Waals surface area contributed by atoms with Crippen LogP contribution in [0.5, 0.6) is 0 Å². The van der Waals surface area contributed by atoms with Gasteiger partial charge in [-0.25, -0.2) is 4.98 Å². The number of benzene rings is 2. The number of hydrogen-bond acceptors (Lipinski definition) is 4. The number of nitrogens with two attached hydrogens (primary N) is 2. The minimum atomic E-state index is 0.219. The maximum atomic E-state index is 6.09. The second-order valence-corrected chi connectivity index (χ2v) is 6.29. The normalized spacial score (nSPS) is 11.7. The van der Waals surface area contributed by atoms with Crippen LogP contribution in [0, 0.1) is 0 Å². The molecule has 132 valence electrons. The molecule has 5 N–H and O–H groups in total. The number of aromatic nitrogens is 2. The van der Waals surface area contributed by atoms with E-state index in [9.17, 15) is 0 Å². The maximum absolute atomic E-state index is 6.09. The fraction of sp³-hybridized carbons (Fsp3) is 0. The molecule has 2 heterocycles. The Kier molecular flexibility index (Phi) is 4.35. The number of halogens is 1. The van der Waals surface area contributed by atoms with Crippen LogP contribution < -0.4 is 16.6 Å². The molecule has 0 atom stereocenters. The quantitative estimate of drug-likeness (QED) is 0.167. The highest BCUT2D eigenvalue weighted by molar-refractivity contribution is 6.30. The van der Waals surface area contributed by atoms with Crippen molar-refractivity contribution in [3.63, 3.8) is 0 Å². The zero-order valence-corrected chi connectivity index (χ0v) is 14.9. The fourth-order valence-corrected chi connectivity index (χ4v) is 3.12. The van der Waals surface area contributed by atoms with Gasteiger partial charge < -0.3 is 11.1 Å². The Labute approximate surface area is 159 Å². The van der Waals surface area contributed by atoms with Crippen molar-refractivity contribution < 1.29 is 5.53 Å². The second kappa shape index (κ2) is 6.97. The first kappa shape index (κ1) is 16.9. The van der Waals surface area contributed by atoms with Crippen molar-refractivity contribution in [2.45, 2.75) is 0 Å². The van der Waals surface area contributed by atoms with Gasteiger partial charge in [0.1, 0.15) is 11.0 Å². The number of anilines is 2. The van der Waals surface area contributed by atoms with Gasteiger partial charge in [0.15, 0.2) is 0 Å². The molecular formula is C19H15ClN7+. The van der Waals surface area contributed by atoms with Crippen molar-refractivity contribution in [2.24, 2.45) is 16.1 Å². The predicted molar refractivity (Wildman–Crippen MR) is 107 cm³/mol. The average molecular weight is 377 g/mol. The van der Waals surface area contributed by atoms with Crippen molar-refractivity contribution in [3.05, 3.63) is 71.5 Å². The van der Waals surface area contributed by atoms with Crippen molar-refractivity contribution >= 4 is 50.6 Å². The first-order valence-electron chi connectivity index (χ1n) is 8.09. The predicted octanol–water partition coefficient (Wildman–Crippen LogP) is 3.01. The fourth-order valence-electron chi connectivity index (χ4n) is 2.93. The van der Waals surface area contributed by atoms with Gasteiger partial charge in [-0.3, -0.25) is 4.98 Å². The van der Waals surface area contributed by atoms with E-state index in [-0.39, 0.29) is 5.84 Å². The molecule has 8 heteroatoms. The minimum Gasteiger partial charge on any atom is -0.360 e. The summed E-state index contributed by atoms with van der Waals surface area (Å²) in [6.07, 6.45) is 3.55. The molecule has 0 unspecified atom stereocenters. The number of amidine groups is 1. The number of rotatable bonds is 4. The van der Waals surface area contributed by atoms with E-state index in [1.165, 1.54) is 0 Å². The summed E-state index contributed by atoms with van der Waals surface area (Å²) in [5, 5.41) is 13.8. The molecule has 0 aliphatic carbocycles. The van der Waals surface area contributed by atoms with Crippen LogP contribution in [0.15, 0.2) is 71.2 Å². The van der Waals surface area contributed by atoms with Crippen molar-refractivity contribution in [2.75, 3.05) is 5.32 Å². The molecule has 2 aromatic carbocycles. The van der Waals surface area contributed by atoms with Crippen molar-refractivity contribution in [1.82, 2.24) is 9.97 Å². The molecule has 0 radical (unpaired) electrons. The highest BCUT2D eigenvalue weighted by Crippen LogP contribution is 2.31. The lowest BCUT2D eigenvalue weighted by Crippen LogP contribution is -2.23. The summed E-state index contributed by atoms with van der Waals surface area (Å²) in [7, 11) is 0. The Hall–Kier alpha value is -3.58. The molecule has 0 saturated carbocycles. The van der Waals surface area contributed by atoms with Crippen LogP contribution >= 0.6 is 11.6 Å². The first-order valence-corrected chi connectivity index (χ1v) is 8.47. The van der Waals surface area contributed by atoms with Gasteiger partial charge in [-0.05, 0) is 36.4 Å². The number of pyridine rings is 2. The molecule has 0 amide bonds. The molecular weight excluding hydrogens is 362 g/mol. The van der Waals surface area contributed by atoms with Crippen LogP contribution in [0.4, 0.5) is 11.5 Å². The third-order valence-electron chi connectivity index (χ3n) is 4.14. The summed E-state index contributed by atoms with van der Waals surface area (Å²) in [5.74, 6) is 0.912. The van der Waals surface area contributed by atoms with Gasteiger partial charge in [0.25, 0.3) is 5.84 Å². The topological polar surface area (TPSA) is 114 Å². The molecule has 4 rings (SSSR count). The molecule has 0 aliphatic heterocycles. The zero-order chi connectivity index (χ0) is 18.8. The highest BCUT2D eigenvalue weighted by Gasteiger charge is 2.12. The van der Waals surface area contributed by atoms with Gasteiger partial charge >= 0.3 is 0 Å². The Morgan fingerprint density at radius 2 is 1.96 bits per heavy atom. The first-order chi connectivity index (χ1) is 13.2. The van der Waals surface area contributed by atoms with Crippen LogP contribution in [0.1, 0.15) is 5.56 Å². The Balaban J connectivity index is 1.93. The molecule has 0 spiro atoms. The zero-order valence-electron chi connectivity index (χ0n) is 14.1. The summed E-state index contributed by atoms with van der Waals surface area (Å²) in [6.45, 7) is 0. The Morgan fingerprint density at radius 3 is 2.78 bits per heavy atom. The van der Waals surface area contributed by atoms with E-state index in [1.807, 2.05) is 54.7 Å². The second-order valence-electron chi connectivity index (χ2n) is 5.85. The van der Waals surface area contributed by atoms with E-state index in [0.717, 1.165) is 27.4 Å². The van der Waals surface area contributed by atoms with E-state index in [0.29, 0.717) is 16.4 Å². The van der Waals surface area contributed by atoms with Crippen LogP contribution in [0.3, 0.4) is 0 Å². The van der Waals surface area contributed by atoms with Gasteiger partial charge in [0.05, 0.1) is 10.6 Å². The van der Waals surface area contributed by atoms with Gasteiger partial charge in [-0.15, -0.1) is 0 Å². The third kappa shape index (κ3) is 3.28. The van der Waals surface area contributed by atoms with Crippen LogP contribution in [-0.2, 0) is 0 Å². The molecule has 0 aliphatic rings. The number of nitrogens with one attached hydrogen (secondary N) is 1. The van der Waals surface area contributed by atoms with Crippen LogP contribution in [-0.4, -0.2) is 15.8 Å². The summed E-state index contributed by atoms with van der Waals surface area (Å²) >= 11 is 6.09. The minimum absolute atomic E-state index is 0.219. The van der Waals surface area contributed by atoms with E-state index in [4.69, 9.17) is 27.8 Å². The van der Waals surface area contributed by atoms with Crippen LogP contribution in [0.2, 0.25) is 5.02 Å². The number of fused-ring (bicyclic) bond motifs is 3. The summed E-state index contributed by atoms with van der Waals surface area (Å²) in [4.78, 5) is 9.03. The van der Waals surface area contributed by atoms with Gasteiger partial charge in [0, 0.05) is 44.8 Å². The largest absolute Gasteiger partial charge is 0.360 e. The number of nitrogens with zero attached hydrogens (tertiary/aromatic N) is 4. The van der Waals surface area contributed by atoms with Crippen molar-refractivity contribution in [1.29, 1.82) is 0 Å². The lowest BCUT2D eigenvalue weighted by molar-refractivity contribution is -0.221. The SMILES string of the molecule is N/C(=N\N=[NH2+])c1ccc2c(c1)nc(Nc1cccc(Cl)c1)c1ccncc12. The summed E-state index contributed by atoms with van der Waals surface area (Å²) in [5.41, 5.74) is 13.2. The van der Waals surface area contributed by atoms with Crippen LogP contribution in [0.25, 0.3) is 21.7 Å². The highest BCUT2D eigenvalue weighted by atomic mass is 35.5. The monoisotopic (exact) mass is 376 g/mol. The standard InChI is InChI=1S/C19H14ClN7/c20-12-2-1-3-13(9-12)24-19-15-6-7-23-10-16(15)14-5-4-11(8-17(14)25-19)18(21)26-27-22/h1-10H,(H,24,25)(H3,21,22,26)/p+1. The van der Waals surface area contributed by atoms with E-state index in [1.54, 1.807) is 6.20 Å². The molecule has 0 saturated heterocycles. The molecule has 7 nitrogen and oxygen atoms in total. The molecule has 2 aromatic heterocycles. The number of hydrogen-bond donors (Lipinski definition) is 3. The average Bonchev–Trinajstić information content (AvgIpc) is 2.68. The molecule has 0 bridgehead atoms. The van der Waals surface area contributed by atoms with E-state index in [2.05, 4.69) is 20.6 Å². The lowest BCUT2D eigenvalue weighted by Gasteiger charge is -2.12. The molecule has 4 aromatic rings. The third-order valence-corrected chi connectivity index (χ3v) is 4.38. The Bertz CT molecular complexity index is 1200. The van der Waals surface area contributed by atoms with Crippen molar-refractivity contribution in [3.8, 4) is 0 Å². The molecule has 0 fully saturated rings. The van der Waals surface area contributed by atoms with Gasteiger partial charge in [-0.2, -0.15) is 5.53 Å². The summed E-state index contributed by atoms with van der Waals surface area (Å²) in [6, 6.07) is 15.0. The van der Waals surface area contributed by atoms with E-state index < -0.39 is 0 Å². The Morgan fingerprint density at radius 1 is 1.07 bits per heavy atom.